The first-order valence-electron chi connectivity index (χ1n) is 12.1. The molecule has 4 rings (SSSR count). The minimum Gasteiger partial charge on any atom is -0.493 e. The molecule has 0 bridgehead atoms. The molecular formula is C29H32N4O3. The topological polar surface area (TPSA) is 69.5 Å². The van der Waals surface area contributed by atoms with Gasteiger partial charge >= 0.3 is 0 Å². The second-order valence-electron chi connectivity index (χ2n) is 8.58. The number of methoxy groups -OCH3 is 1. The Morgan fingerprint density at radius 2 is 1.92 bits per heavy atom. The molecule has 2 aromatic carbocycles. The van der Waals surface area contributed by atoms with Crippen molar-refractivity contribution in [3.05, 3.63) is 96.6 Å². The van der Waals surface area contributed by atoms with E-state index in [0.717, 1.165) is 59.7 Å². The van der Waals surface area contributed by atoms with Crippen LogP contribution in [0.2, 0.25) is 0 Å². The monoisotopic (exact) mass is 484 g/mol. The highest BCUT2D eigenvalue weighted by Crippen LogP contribution is 2.28. The predicted molar refractivity (Wildman–Crippen MR) is 141 cm³/mol. The van der Waals surface area contributed by atoms with Gasteiger partial charge in [0.15, 0.2) is 11.5 Å². The molecule has 186 valence electrons. The van der Waals surface area contributed by atoms with Crippen LogP contribution in [0.1, 0.15) is 34.7 Å². The molecule has 36 heavy (non-hydrogen) atoms. The number of rotatable bonds is 12. The summed E-state index contributed by atoms with van der Waals surface area (Å²) < 4.78 is 13.7. The van der Waals surface area contributed by atoms with Crippen molar-refractivity contribution in [2.24, 2.45) is 0 Å². The van der Waals surface area contributed by atoms with Crippen molar-refractivity contribution in [3.63, 3.8) is 0 Å². The molecule has 0 fully saturated rings. The van der Waals surface area contributed by atoms with Crippen LogP contribution >= 0.6 is 0 Å². The zero-order chi connectivity index (χ0) is 25.3. The summed E-state index contributed by atoms with van der Waals surface area (Å²) in [6.07, 6.45) is 6.06. The molecule has 0 aliphatic rings. The molecule has 0 saturated heterocycles. The van der Waals surface area contributed by atoms with Crippen LogP contribution in [0.3, 0.4) is 0 Å². The van der Waals surface area contributed by atoms with E-state index in [1.54, 1.807) is 37.4 Å². The summed E-state index contributed by atoms with van der Waals surface area (Å²) in [6.45, 7) is 5.54. The number of hydrogen-bond acceptors (Lipinski definition) is 5. The molecule has 0 spiro atoms. The van der Waals surface area contributed by atoms with Gasteiger partial charge in [0, 0.05) is 19.8 Å². The lowest BCUT2D eigenvalue weighted by Crippen LogP contribution is -2.28. The minimum atomic E-state index is -0.129. The maximum Gasteiger partial charge on any atom is 0.272 e. The van der Waals surface area contributed by atoms with Gasteiger partial charge in [0.25, 0.3) is 5.91 Å². The molecule has 4 aromatic rings. The van der Waals surface area contributed by atoms with Gasteiger partial charge in [0.05, 0.1) is 31.3 Å². The number of allylic oxidation sites excluding steroid dienone is 1. The molecular weight excluding hydrogens is 452 g/mol. The number of aromatic nitrogens is 3. The number of hydrogen-bond donors (Lipinski definition) is 0. The van der Waals surface area contributed by atoms with E-state index in [9.17, 15) is 4.79 Å². The second kappa shape index (κ2) is 12.0. The summed E-state index contributed by atoms with van der Waals surface area (Å²) >= 11 is 0. The third-order valence-electron chi connectivity index (χ3n) is 5.98. The zero-order valence-electron chi connectivity index (χ0n) is 20.9. The lowest BCUT2D eigenvalue weighted by molar-refractivity contribution is 0.0774. The summed E-state index contributed by atoms with van der Waals surface area (Å²) in [4.78, 5) is 23.5. The van der Waals surface area contributed by atoms with E-state index in [0.29, 0.717) is 18.8 Å². The average Bonchev–Trinajstić information content (AvgIpc) is 3.26. The third kappa shape index (κ3) is 5.92. The van der Waals surface area contributed by atoms with Crippen LogP contribution in [0.4, 0.5) is 0 Å². The van der Waals surface area contributed by atoms with E-state index >= 15 is 0 Å². The zero-order valence-corrected chi connectivity index (χ0v) is 20.9. The summed E-state index contributed by atoms with van der Waals surface area (Å²) in [5, 5.41) is 0. The molecule has 0 unspecified atom stereocenters. The maximum absolute atomic E-state index is 12.8. The van der Waals surface area contributed by atoms with Crippen LogP contribution < -0.4 is 9.47 Å². The van der Waals surface area contributed by atoms with Crippen LogP contribution in [-0.4, -0.2) is 46.1 Å². The van der Waals surface area contributed by atoms with Crippen molar-refractivity contribution in [1.82, 2.24) is 19.4 Å². The standard InChI is InChI=1S/C29H32N4O3/c1-4-11-22-15-16-26(27(20-22)35-3)36-19-10-9-18-33-25-14-6-5-12-23(25)31-28(33)21-32(2)29(34)24-13-7-8-17-30-24/h4-8,12-17,20H,1,9-11,18-19,21H2,2-3H3. The van der Waals surface area contributed by atoms with Crippen LogP contribution in [0, 0.1) is 0 Å². The van der Waals surface area contributed by atoms with Crippen molar-refractivity contribution in [3.8, 4) is 11.5 Å². The first kappa shape index (κ1) is 25.0. The molecule has 0 aliphatic carbocycles. The number of nitrogens with zero attached hydrogens (tertiary/aromatic N) is 4. The van der Waals surface area contributed by atoms with E-state index < -0.39 is 0 Å². The van der Waals surface area contributed by atoms with Crippen molar-refractivity contribution in [2.75, 3.05) is 20.8 Å². The first-order chi connectivity index (χ1) is 17.6. The Bertz CT molecular complexity index is 1320. The fourth-order valence-electron chi connectivity index (χ4n) is 4.14. The highest BCUT2D eigenvalue weighted by Gasteiger charge is 2.17. The lowest BCUT2D eigenvalue weighted by Gasteiger charge is -2.18. The number of carbonyl (C=O) groups is 1. The molecule has 1 amide bonds. The highest BCUT2D eigenvalue weighted by molar-refractivity contribution is 5.92. The summed E-state index contributed by atoms with van der Waals surface area (Å²) in [5.74, 6) is 2.20. The van der Waals surface area contributed by atoms with E-state index in [2.05, 4.69) is 22.2 Å². The predicted octanol–water partition coefficient (Wildman–Crippen LogP) is 5.30. The second-order valence-corrected chi connectivity index (χ2v) is 8.58. The quantitative estimate of drug-likeness (QED) is 0.202. The van der Waals surface area contributed by atoms with Crippen LogP contribution in [-0.2, 0) is 19.5 Å². The average molecular weight is 485 g/mol. The number of pyridine rings is 1. The Balaban J connectivity index is 1.39. The lowest BCUT2D eigenvalue weighted by atomic mass is 10.1. The molecule has 0 aliphatic heterocycles. The Labute approximate surface area is 212 Å². The van der Waals surface area contributed by atoms with Gasteiger partial charge in [-0.25, -0.2) is 4.98 Å². The summed E-state index contributed by atoms with van der Waals surface area (Å²) in [6, 6.07) is 19.4. The molecule has 7 heteroatoms. The number of aryl methyl sites for hydroxylation is 1. The molecule has 2 heterocycles. The van der Waals surface area contributed by atoms with Gasteiger partial charge in [0.2, 0.25) is 0 Å². The summed E-state index contributed by atoms with van der Waals surface area (Å²) in [5.41, 5.74) is 3.55. The van der Waals surface area contributed by atoms with Gasteiger partial charge < -0.3 is 18.9 Å². The maximum atomic E-state index is 12.8. The number of fused-ring (bicyclic) bond motifs is 1. The van der Waals surface area contributed by atoms with E-state index in [-0.39, 0.29) is 5.91 Å². The Morgan fingerprint density at radius 1 is 1.08 bits per heavy atom. The van der Waals surface area contributed by atoms with Gasteiger partial charge in [0.1, 0.15) is 11.5 Å². The Kier molecular flexibility index (Phi) is 8.34. The molecule has 0 saturated carbocycles. The number of benzene rings is 2. The van der Waals surface area contributed by atoms with Crippen molar-refractivity contribution in [2.45, 2.75) is 32.4 Å². The largest absolute Gasteiger partial charge is 0.493 e. The number of para-hydroxylation sites is 2. The number of amides is 1. The number of imidazole rings is 1. The van der Waals surface area contributed by atoms with Gasteiger partial charge in [-0.05, 0) is 61.2 Å². The van der Waals surface area contributed by atoms with E-state index in [1.807, 2.05) is 48.5 Å². The Morgan fingerprint density at radius 3 is 2.69 bits per heavy atom. The van der Waals surface area contributed by atoms with Crippen LogP contribution in [0.5, 0.6) is 11.5 Å². The Hall–Kier alpha value is -4.13. The fraction of sp³-hybridized carbons (Fsp3) is 0.276. The number of unbranched alkanes of at least 4 members (excludes halogenated alkanes) is 1. The van der Waals surface area contributed by atoms with Gasteiger partial charge in [-0.3, -0.25) is 9.78 Å². The smallest absolute Gasteiger partial charge is 0.272 e. The molecule has 0 atom stereocenters. The van der Waals surface area contributed by atoms with E-state index in [1.165, 1.54) is 0 Å². The minimum absolute atomic E-state index is 0.129. The third-order valence-corrected chi connectivity index (χ3v) is 5.98. The normalized spacial score (nSPS) is 10.8. The number of ether oxygens (including phenoxy) is 2. The van der Waals surface area contributed by atoms with Crippen LogP contribution in [0.25, 0.3) is 11.0 Å². The van der Waals surface area contributed by atoms with Crippen LogP contribution in [0.15, 0.2) is 79.5 Å². The highest BCUT2D eigenvalue weighted by atomic mass is 16.5. The van der Waals surface area contributed by atoms with Crippen molar-refractivity contribution >= 4 is 16.9 Å². The molecule has 2 aromatic heterocycles. The van der Waals surface area contributed by atoms with Crippen molar-refractivity contribution in [1.29, 1.82) is 0 Å². The van der Waals surface area contributed by atoms with Gasteiger partial charge in [-0.2, -0.15) is 0 Å². The first-order valence-corrected chi connectivity index (χ1v) is 12.1. The van der Waals surface area contributed by atoms with Crippen molar-refractivity contribution < 1.29 is 14.3 Å². The molecule has 0 radical (unpaired) electrons. The van der Waals surface area contributed by atoms with Gasteiger partial charge in [-0.1, -0.05) is 30.3 Å². The molecule has 0 N–H and O–H groups in total. The summed E-state index contributed by atoms with van der Waals surface area (Å²) in [7, 11) is 3.43. The molecule has 7 nitrogen and oxygen atoms in total. The SMILES string of the molecule is C=CCc1ccc(OCCCCn2c(CN(C)C(=O)c3ccccn3)nc3ccccc32)c(OC)c1. The van der Waals surface area contributed by atoms with Gasteiger partial charge in [-0.15, -0.1) is 6.58 Å². The fourth-order valence-corrected chi connectivity index (χ4v) is 4.14. The number of carbonyl (C=O) groups excluding carboxylic acids is 1. The van der Waals surface area contributed by atoms with E-state index in [4.69, 9.17) is 14.5 Å².